The average Bonchev–Trinajstić information content (AvgIpc) is 2.42. The molecule has 1 aromatic heterocycles. The molecule has 0 unspecified atom stereocenters. The van der Waals surface area contributed by atoms with Crippen molar-refractivity contribution in [3.8, 4) is 6.07 Å². The number of aromatic nitrogens is 1. The molecule has 0 spiro atoms. The predicted octanol–water partition coefficient (Wildman–Crippen LogP) is 4.79. The van der Waals surface area contributed by atoms with E-state index >= 15 is 0 Å². The van der Waals surface area contributed by atoms with Gasteiger partial charge in [-0.2, -0.15) is 18.4 Å². The van der Waals surface area contributed by atoms with Crippen molar-refractivity contribution in [1.29, 1.82) is 5.26 Å². The number of nitrogens with zero attached hydrogens (tertiary/aromatic N) is 2. The molecule has 7 heteroatoms. The minimum atomic E-state index is -4.48. The Kier molecular flexibility index (Phi) is 4.19. The van der Waals surface area contributed by atoms with Crippen LogP contribution < -0.4 is 5.32 Å². The number of aryl methyl sites for hydroxylation is 1. The van der Waals surface area contributed by atoms with Crippen LogP contribution in [0.1, 0.15) is 16.7 Å². The molecule has 1 N–H and O–H groups in total. The first-order valence-corrected chi connectivity index (χ1v) is 6.61. The molecule has 0 aliphatic rings. The standard InChI is InChI=1S/C14H9BrF3N3/c1-8-4-13(20-7-11(8)15)21-12-3-2-10(14(16,17)18)5-9(12)6-19/h2-5,7H,1H3,(H,20,21). The maximum Gasteiger partial charge on any atom is 0.416 e. The summed E-state index contributed by atoms with van der Waals surface area (Å²) in [5.74, 6) is 0.451. The third-order valence-electron chi connectivity index (χ3n) is 2.78. The van der Waals surface area contributed by atoms with E-state index in [4.69, 9.17) is 5.26 Å². The summed E-state index contributed by atoms with van der Waals surface area (Å²) in [4.78, 5) is 4.09. The van der Waals surface area contributed by atoms with Gasteiger partial charge in [0.15, 0.2) is 0 Å². The van der Waals surface area contributed by atoms with Crippen LogP contribution >= 0.6 is 15.9 Å². The number of pyridine rings is 1. The average molecular weight is 356 g/mol. The highest BCUT2D eigenvalue weighted by atomic mass is 79.9. The van der Waals surface area contributed by atoms with Crippen molar-refractivity contribution >= 4 is 27.4 Å². The number of nitriles is 1. The molecule has 108 valence electrons. The first kappa shape index (κ1) is 15.3. The zero-order chi connectivity index (χ0) is 15.6. The van der Waals surface area contributed by atoms with Gasteiger partial charge in [-0.3, -0.25) is 0 Å². The summed E-state index contributed by atoms with van der Waals surface area (Å²) >= 11 is 3.31. The van der Waals surface area contributed by atoms with Crippen molar-refractivity contribution in [2.24, 2.45) is 0 Å². The number of anilines is 2. The van der Waals surface area contributed by atoms with Crippen molar-refractivity contribution in [2.45, 2.75) is 13.1 Å². The molecule has 0 aliphatic heterocycles. The fraction of sp³-hybridized carbons (Fsp3) is 0.143. The van der Waals surface area contributed by atoms with Gasteiger partial charge in [-0.15, -0.1) is 0 Å². The molecule has 1 aromatic carbocycles. The molecule has 1 heterocycles. The van der Waals surface area contributed by atoms with E-state index in [0.717, 1.165) is 22.2 Å². The minimum absolute atomic E-state index is 0.0906. The lowest BCUT2D eigenvalue weighted by molar-refractivity contribution is -0.137. The van der Waals surface area contributed by atoms with E-state index in [9.17, 15) is 13.2 Å². The Morgan fingerprint density at radius 3 is 2.57 bits per heavy atom. The fourth-order valence-corrected chi connectivity index (χ4v) is 1.88. The number of rotatable bonds is 2. The van der Waals surface area contributed by atoms with E-state index in [2.05, 4.69) is 26.2 Å². The molecule has 21 heavy (non-hydrogen) atoms. The number of nitrogens with one attached hydrogen (secondary N) is 1. The summed E-state index contributed by atoms with van der Waals surface area (Å²) in [7, 11) is 0. The summed E-state index contributed by atoms with van der Waals surface area (Å²) in [5, 5.41) is 11.8. The summed E-state index contributed by atoms with van der Waals surface area (Å²) in [6.07, 6.45) is -2.90. The second kappa shape index (κ2) is 5.74. The maximum atomic E-state index is 12.6. The fourth-order valence-electron chi connectivity index (χ4n) is 1.67. The van der Waals surface area contributed by atoms with Crippen molar-refractivity contribution < 1.29 is 13.2 Å². The van der Waals surface area contributed by atoms with Gasteiger partial charge in [0.25, 0.3) is 0 Å². The van der Waals surface area contributed by atoms with Gasteiger partial charge in [-0.25, -0.2) is 4.98 Å². The van der Waals surface area contributed by atoms with E-state index in [1.165, 1.54) is 6.07 Å². The van der Waals surface area contributed by atoms with Gasteiger partial charge in [0.05, 0.1) is 16.8 Å². The van der Waals surface area contributed by atoms with Crippen LogP contribution in [0.25, 0.3) is 0 Å². The highest BCUT2D eigenvalue weighted by molar-refractivity contribution is 9.10. The Hall–Kier alpha value is -2.07. The maximum absolute atomic E-state index is 12.6. The summed E-state index contributed by atoms with van der Waals surface area (Å²) in [5.41, 5.74) is 0.245. The molecule has 0 saturated carbocycles. The second-order valence-electron chi connectivity index (χ2n) is 4.31. The normalized spacial score (nSPS) is 11.0. The molecule has 3 nitrogen and oxygen atoms in total. The van der Waals surface area contributed by atoms with Gasteiger partial charge in [-0.05, 0) is 52.7 Å². The molecule has 0 radical (unpaired) electrons. The van der Waals surface area contributed by atoms with E-state index in [1.807, 2.05) is 6.92 Å². The lowest BCUT2D eigenvalue weighted by Gasteiger charge is -2.11. The number of hydrogen-bond acceptors (Lipinski definition) is 3. The monoisotopic (exact) mass is 355 g/mol. The lowest BCUT2D eigenvalue weighted by atomic mass is 10.1. The second-order valence-corrected chi connectivity index (χ2v) is 5.17. The van der Waals surface area contributed by atoms with E-state index < -0.39 is 11.7 Å². The molecule has 0 atom stereocenters. The molecule has 0 fully saturated rings. The first-order valence-electron chi connectivity index (χ1n) is 5.82. The largest absolute Gasteiger partial charge is 0.416 e. The smallest absolute Gasteiger partial charge is 0.339 e. The van der Waals surface area contributed by atoms with Crippen LogP contribution in [0.3, 0.4) is 0 Å². The van der Waals surface area contributed by atoms with Crippen LogP contribution in [0.15, 0.2) is 34.9 Å². The molecule has 0 amide bonds. The molecule has 0 saturated heterocycles. The Morgan fingerprint density at radius 2 is 2.00 bits per heavy atom. The zero-order valence-corrected chi connectivity index (χ0v) is 12.4. The van der Waals surface area contributed by atoms with Crippen LogP contribution in [0.5, 0.6) is 0 Å². The van der Waals surface area contributed by atoms with Crippen LogP contribution in [0, 0.1) is 18.3 Å². The van der Waals surface area contributed by atoms with Crippen molar-refractivity contribution in [2.75, 3.05) is 5.32 Å². The Balaban J connectivity index is 2.36. The van der Waals surface area contributed by atoms with Gasteiger partial charge in [0.2, 0.25) is 0 Å². The van der Waals surface area contributed by atoms with E-state index in [-0.39, 0.29) is 11.3 Å². The van der Waals surface area contributed by atoms with Gasteiger partial charge >= 0.3 is 6.18 Å². The van der Waals surface area contributed by atoms with Crippen LogP contribution in [-0.2, 0) is 6.18 Å². The Morgan fingerprint density at radius 1 is 1.29 bits per heavy atom. The molecule has 0 aliphatic carbocycles. The van der Waals surface area contributed by atoms with Crippen LogP contribution in [0.2, 0.25) is 0 Å². The van der Waals surface area contributed by atoms with E-state index in [0.29, 0.717) is 5.82 Å². The topological polar surface area (TPSA) is 48.7 Å². The Labute approximate surface area is 127 Å². The lowest BCUT2D eigenvalue weighted by Crippen LogP contribution is -2.06. The number of alkyl halides is 3. The van der Waals surface area contributed by atoms with Gasteiger partial charge in [0, 0.05) is 10.7 Å². The third-order valence-corrected chi connectivity index (χ3v) is 3.61. The molecular weight excluding hydrogens is 347 g/mol. The highest BCUT2D eigenvalue weighted by Gasteiger charge is 2.31. The zero-order valence-electron chi connectivity index (χ0n) is 10.8. The van der Waals surface area contributed by atoms with Crippen molar-refractivity contribution in [3.05, 3.63) is 51.6 Å². The molecule has 2 aromatic rings. The number of halogens is 4. The first-order chi connectivity index (χ1) is 9.81. The number of hydrogen-bond donors (Lipinski definition) is 1. The minimum Gasteiger partial charge on any atom is -0.339 e. The highest BCUT2D eigenvalue weighted by Crippen LogP contribution is 2.32. The van der Waals surface area contributed by atoms with Crippen molar-refractivity contribution in [1.82, 2.24) is 4.98 Å². The predicted molar refractivity (Wildman–Crippen MR) is 76.1 cm³/mol. The van der Waals surface area contributed by atoms with Gasteiger partial charge in [0.1, 0.15) is 11.9 Å². The van der Waals surface area contributed by atoms with Crippen LogP contribution in [-0.4, -0.2) is 4.98 Å². The number of benzene rings is 1. The molecule has 2 rings (SSSR count). The summed E-state index contributed by atoms with van der Waals surface area (Å²) in [6.45, 7) is 1.86. The third kappa shape index (κ3) is 3.52. The van der Waals surface area contributed by atoms with Crippen molar-refractivity contribution in [3.63, 3.8) is 0 Å². The van der Waals surface area contributed by atoms with E-state index in [1.54, 1.807) is 18.3 Å². The Bertz CT molecular complexity index is 720. The molecular formula is C14H9BrF3N3. The van der Waals surface area contributed by atoms with Gasteiger partial charge in [-0.1, -0.05) is 0 Å². The van der Waals surface area contributed by atoms with Crippen LogP contribution in [0.4, 0.5) is 24.7 Å². The molecule has 0 bridgehead atoms. The van der Waals surface area contributed by atoms with Gasteiger partial charge < -0.3 is 5.32 Å². The quantitative estimate of drug-likeness (QED) is 0.842. The summed E-state index contributed by atoms with van der Waals surface area (Å²) in [6, 6.07) is 6.44. The SMILES string of the molecule is Cc1cc(Nc2ccc(C(F)(F)F)cc2C#N)ncc1Br. The summed E-state index contributed by atoms with van der Waals surface area (Å²) < 4.78 is 38.7.